The Labute approximate surface area is 50.7 Å². The second-order valence-electron chi connectivity index (χ2n) is 1.36. The molecule has 1 heterocycles. The van der Waals surface area contributed by atoms with Gasteiger partial charge >= 0.3 is 7.68 Å². The molecule has 48 valence electrons. The zero-order chi connectivity index (χ0) is 6.85. The highest BCUT2D eigenvalue weighted by atomic mass is 31.1. The van der Waals surface area contributed by atoms with Crippen molar-refractivity contribution in [2.24, 2.45) is 7.05 Å². The Kier molecular flexibility index (Phi) is 1.40. The van der Waals surface area contributed by atoms with Crippen molar-refractivity contribution in [3.8, 4) is 0 Å². The molecule has 0 N–H and O–H groups in total. The van der Waals surface area contributed by atoms with E-state index in [0.29, 0.717) is 0 Å². The summed E-state index contributed by atoms with van der Waals surface area (Å²) in [6.07, 6.45) is 0. The van der Waals surface area contributed by atoms with Crippen LogP contribution in [0, 0.1) is 0 Å². The third-order valence-corrected chi connectivity index (χ3v) is 1.47. The van der Waals surface area contributed by atoms with Crippen LogP contribution in [0.5, 0.6) is 0 Å². The minimum Gasteiger partial charge on any atom is -0.228 e. The molecule has 0 aliphatic heterocycles. The number of hydrogen-bond acceptors (Lipinski definition) is 5. The Morgan fingerprint density at radius 1 is 1.56 bits per heavy atom. The van der Waals surface area contributed by atoms with E-state index in [2.05, 4.69) is 15.5 Å². The van der Waals surface area contributed by atoms with Crippen LogP contribution in [0.15, 0.2) is 0 Å². The van der Waals surface area contributed by atoms with Crippen LogP contribution >= 0.6 is 7.68 Å². The van der Waals surface area contributed by atoms with Crippen LogP contribution in [-0.2, 0) is 16.2 Å². The van der Waals surface area contributed by atoms with Crippen LogP contribution in [0.4, 0.5) is 0 Å². The zero-order valence-corrected chi connectivity index (χ0v) is 5.45. The van der Waals surface area contributed by atoms with Gasteiger partial charge in [-0.15, -0.1) is 0 Å². The molecule has 0 aromatic carbocycles. The van der Waals surface area contributed by atoms with Gasteiger partial charge in [0.1, 0.15) is 0 Å². The van der Waals surface area contributed by atoms with E-state index < -0.39 is 7.68 Å². The number of hydrogen-bond donors (Lipinski definition) is 0. The van der Waals surface area contributed by atoms with Crippen molar-refractivity contribution in [2.45, 2.75) is 0 Å². The third-order valence-electron chi connectivity index (χ3n) is 0.761. The first-order chi connectivity index (χ1) is 4.22. The van der Waals surface area contributed by atoms with E-state index in [4.69, 9.17) is 0 Å². The van der Waals surface area contributed by atoms with Crippen molar-refractivity contribution in [1.29, 1.82) is 0 Å². The van der Waals surface area contributed by atoms with Gasteiger partial charge in [0.15, 0.2) is 0 Å². The molecule has 0 saturated heterocycles. The van der Waals surface area contributed by atoms with Gasteiger partial charge in [-0.2, -0.15) is 0 Å². The molecule has 0 unspecified atom stereocenters. The smallest absolute Gasteiger partial charge is 0.228 e. The first kappa shape index (κ1) is 6.10. The van der Waals surface area contributed by atoms with E-state index in [1.54, 1.807) is 0 Å². The normalized spacial score (nSPS) is 9.44. The van der Waals surface area contributed by atoms with E-state index >= 15 is 0 Å². The maximum absolute atomic E-state index is 10.2. The highest BCUT2D eigenvalue weighted by molar-refractivity contribution is 7.39. The van der Waals surface area contributed by atoms with E-state index in [-0.39, 0.29) is 5.57 Å². The summed E-state index contributed by atoms with van der Waals surface area (Å²) < 4.78 is 21.4. The first-order valence-corrected chi connectivity index (χ1v) is 3.26. The first-order valence-electron chi connectivity index (χ1n) is 2.08. The van der Waals surface area contributed by atoms with Gasteiger partial charge in [-0.25, -0.2) is 13.8 Å². The molecule has 0 spiro atoms. The third kappa shape index (κ3) is 1.02. The van der Waals surface area contributed by atoms with Gasteiger partial charge in [-0.3, -0.25) is 0 Å². The zero-order valence-electron chi connectivity index (χ0n) is 4.55. The molecular weight excluding hydrogens is 143 g/mol. The predicted octanol–water partition coefficient (Wildman–Crippen LogP) is -0.992. The Hall–Kier alpha value is -1.03. The Morgan fingerprint density at radius 2 is 2.22 bits per heavy atom. The molecule has 0 saturated carbocycles. The lowest BCUT2D eigenvalue weighted by Gasteiger charge is -1.80. The summed E-state index contributed by atoms with van der Waals surface area (Å²) in [6.45, 7) is 0. The van der Waals surface area contributed by atoms with E-state index in [1.165, 1.54) is 7.05 Å². The lowest BCUT2D eigenvalue weighted by molar-refractivity contribution is 0.520. The van der Waals surface area contributed by atoms with E-state index in [9.17, 15) is 9.13 Å². The van der Waals surface area contributed by atoms with Crippen molar-refractivity contribution in [3.05, 3.63) is 0 Å². The fourth-order valence-corrected chi connectivity index (χ4v) is 0.769. The Balaban J connectivity index is 3.23. The minimum atomic E-state index is -2.65. The molecular formula is C2H3N4O2P. The molecule has 0 bridgehead atoms. The largest absolute Gasteiger partial charge is 0.388 e. The maximum Gasteiger partial charge on any atom is 0.388 e. The lowest BCUT2D eigenvalue weighted by atomic mass is 11.2. The maximum atomic E-state index is 10.2. The molecule has 1 aromatic rings. The average Bonchev–Trinajstić information content (AvgIpc) is 2.13. The highest BCUT2D eigenvalue weighted by Crippen LogP contribution is 1.96. The molecule has 0 aliphatic carbocycles. The molecule has 0 aliphatic rings. The van der Waals surface area contributed by atoms with E-state index in [0.717, 1.165) is 4.68 Å². The summed E-state index contributed by atoms with van der Waals surface area (Å²) in [4.78, 5) is 0. The Morgan fingerprint density at radius 3 is 2.44 bits per heavy atom. The molecule has 0 fully saturated rings. The second-order valence-corrected chi connectivity index (χ2v) is 2.27. The molecule has 0 atom stereocenters. The molecule has 1 rings (SSSR count). The van der Waals surface area contributed by atoms with Crippen molar-refractivity contribution in [2.75, 3.05) is 0 Å². The predicted molar refractivity (Wildman–Crippen MR) is 26.7 cm³/mol. The van der Waals surface area contributed by atoms with Gasteiger partial charge in [0.05, 0.1) is 0 Å². The number of tetrazole rings is 1. The minimum absolute atomic E-state index is 0.120. The van der Waals surface area contributed by atoms with Crippen molar-refractivity contribution in [3.63, 3.8) is 0 Å². The van der Waals surface area contributed by atoms with Gasteiger partial charge in [0, 0.05) is 7.05 Å². The summed E-state index contributed by atoms with van der Waals surface area (Å²) in [5.41, 5.74) is -0.120. The number of aryl methyl sites for hydroxylation is 1. The fraction of sp³-hybridized carbons (Fsp3) is 0.500. The Bertz CT molecular complexity index is 268. The number of rotatable bonds is 1. The van der Waals surface area contributed by atoms with Crippen molar-refractivity contribution in [1.82, 2.24) is 20.2 Å². The lowest BCUT2D eigenvalue weighted by Crippen LogP contribution is -2.09. The standard InChI is InChI=1S/C2H3N4O2P/c1-6-2(9(7)8)3-4-5-6/h1H3. The van der Waals surface area contributed by atoms with Gasteiger partial charge < -0.3 is 0 Å². The summed E-state index contributed by atoms with van der Waals surface area (Å²) in [5.74, 6) is 0. The quantitative estimate of drug-likeness (QED) is 0.475. The molecule has 1 aromatic heterocycles. The van der Waals surface area contributed by atoms with Crippen LogP contribution in [0.25, 0.3) is 0 Å². The van der Waals surface area contributed by atoms with Gasteiger partial charge in [-0.1, -0.05) is 5.10 Å². The molecule has 9 heavy (non-hydrogen) atoms. The summed E-state index contributed by atoms with van der Waals surface area (Å²) >= 11 is 0. The van der Waals surface area contributed by atoms with E-state index in [1.807, 2.05) is 0 Å². The van der Waals surface area contributed by atoms with Crippen LogP contribution in [0.1, 0.15) is 0 Å². The molecule has 6 nitrogen and oxygen atoms in total. The number of nitrogens with zero attached hydrogens (tertiary/aromatic N) is 4. The monoisotopic (exact) mass is 146 g/mol. The van der Waals surface area contributed by atoms with Crippen molar-refractivity contribution < 1.29 is 9.13 Å². The van der Waals surface area contributed by atoms with Crippen LogP contribution in [-0.4, -0.2) is 20.2 Å². The highest BCUT2D eigenvalue weighted by Gasteiger charge is 2.05. The van der Waals surface area contributed by atoms with Gasteiger partial charge in [0.2, 0.25) is 0 Å². The second kappa shape index (κ2) is 2.06. The average molecular weight is 146 g/mol. The van der Waals surface area contributed by atoms with Gasteiger partial charge in [0.25, 0.3) is 5.57 Å². The summed E-state index contributed by atoms with van der Waals surface area (Å²) in [5, 5.41) is 9.65. The number of aromatic nitrogens is 4. The van der Waals surface area contributed by atoms with Crippen LogP contribution in [0.2, 0.25) is 0 Å². The molecule has 0 amide bonds. The van der Waals surface area contributed by atoms with Gasteiger partial charge in [-0.05, 0) is 10.4 Å². The topological polar surface area (TPSA) is 77.7 Å². The van der Waals surface area contributed by atoms with Crippen molar-refractivity contribution >= 4 is 13.2 Å². The molecule has 0 radical (unpaired) electrons. The summed E-state index contributed by atoms with van der Waals surface area (Å²) in [7, 11) is -1.19. The van der Waals surface area contributed by atoms with Crippen LogP contribution < -0.4 is 5.57 Å². The molecule has 7 heteroatoms. The fourth-order valence-electron chi connectivity index (χ4n) is 0.379. The van der Waals surface area contributed by atoms with Crippen LogP contribution in [0.3, 0.4) is 0 Å². The SMILES string of the molecule is Cn1nnnc1P(=O)=O. The summed E-state index contributed by atoms with van der Waals surface area (Å²) in [6, 6.07) is 0.